The third-order valence-corrected chi connectivity index (χ3v) is 6.77. The maximum Gasteiger partial charge on any atom is 0.243 e. The molecule has 6 nitrogen and oxygen atoms in total. The van der Waals surface area contributed by atoms with Crippen LogP contribution >= 0.6 is 23.2 Å². The number of aryl methyl sites for hydroxylation is 1. The van der Waals surface area contributed by atoms with Gasteiger partial charge >= 0.3 is 0 Å². The highest BCUT2D eigenvalue weighted by atomic mass is 35.5. The summed E-state index contributed by atoms with van der Waals surface area (Å²) in [5.74, 6) is 0.876. The van der Waals surface area contributed by atoms with Crippen molar-refractivity contribution >= 4 is 35.0 Å². The van der Waals surface area contributed by atoms with Gasteiger partial charge < -0.3 is 19.7 Å². The fourth-order valence-electron chi connectivity index (χ4n) is 4.11. The molecule has 0 aliphatic carbocycles. The zero-order valence-corrected chi connectivity index (χ0v) is 22.8. The molecule has 0 saturated carbocycles. The van der Waals surface area contributed by atoms with E-state index in [-0.39, 0.29) is 24.8 Å². The summed E-state index contributed by atoms with van der Waals surface area (Å²) >= 11 is 12.4. The van der Waals surface area contributed by atoms with Crippen LogP contribution in [0.3, 0.4) is 0 Å². The van der Waals surface area contributed by atoms with Gasteiger partial charge in [0, 0.05) is 25.9 Å². The van der Waals surface area contributed by atoms with Crippen LogP contribution in [0.5, 0.6) is 11.5 Å². The molecule has 3 aromatic carbocycles. The fraction of sp³-hybridized carbons (Fsp3) is 0.310. The molecule has 0 aliphatic heterocycles. The number of benzene rings is 3. The number of nitrogens with one attached hydrogen (secondary N) is 1. The van der Waals surface area contributed by atoms with Gasteiger partial charge in [-0.25, -0.2) is 0 Å². The van der Waals surface area contributed by atoms with Gasteiger partial charge in [-0.2, -0.15) is 0 Å². The second kappa shape index (κ2) is 13.9. The van der Waals surface area contributed by atoms with E-state index in [0.717, 1.165) is 16.7 Å². The van der Waals surface area contributed by atoms with Crippen molar-refractivity contribution in [3.05, 3.63) is 93.5 Å². The Kier molecular flexibility index (Phi) is 10.7. The molecule has 1 N–H and O–H groups in total. The fourth-order valence-corrected chi connectivity index (χ4v) is 4.43. The molecule has 0 bridgehead atoms. The van der Waals surface area contributed by atoms with E-state index in [9.17, 15) is 9.59 Å². The van der Waals surface area contributed by atoms with Crippen LogP contribution < -0.4 is 14.8 Å². The maximum absolute atomic E-state index is 13.7. The molecular formula is C29H32Cl2N2O4. The summed E-state index contributed by atoms with van der Waals surface area (Å²) in [6.45, 7) is 2.54. The smallest absolute Gasteiger partial charge is 0.243 e. The predicted molar refractivity (Wildman–Crippen MR) is 147 cm³/mol. The van der Waals surface area contributed by atoms with Crippen molar-refractivity contribution in [2.75, 3.05) is 20.8 Å². The molecule has 3 rings (SSSR count). The lowest BCUT2D eigenvalue weighted by Gasteiger charge is -2.31. The van der Waals surface area contributed by atoms with Crippen molar-refractivity contribution in [3.63, 3.8) is 0 Å². The van der Waals surface area contributed by atoms with Crippen molar-refractivity contribution in [2.24, 2.45) is 0 Å². The summed E-state index contributed by atoms with van der Waals surface area (Å²) in [5.41, 5.74) is 2.68. The average molecular weight is 543 g/mol. The summed E-state index contributed by atoms with van der Waals surface area (Å²) in [6, 6.07) is 19.8. The standard InChI is InChI=1S/C29H32Cl2N2O4/c1-4-32-29(35)25(17-20-8-6-5-7-9-20)33(19-22-10-13-23(30)24(31)16-22)28(34)15-12-21-11-14-26(36-2)27(18-21)37-3/h5-11,13-14,16,18,25H,4,12,15,17,19H2,1-3H3,(H,32,35)/t25-/m1/s1. The molecule has 1 atom stereocenters. The summed E-state index contributed by atoms with van der Waals surface area (Å²) < 4.78 is 10.7. The van der Waals surface area contributed by atoms with E-state index in [4.69, 9.17) is 32.7 Å². The SMILES string of the molecule is CCNC(=O)[C@@H](Cc1ccccc1)N(Cc1ccc(Cl)c(Cl)c1)C(=O)CCc1ccc(OC)c(OC)c1. The minimum absolute atomic E-state index is 0.145. The predicted octanol–water partition coefficient (Wildman–Crippen LogP) is 5.72. The van der Waals surface area contributed by atoms with Gasteiger partial charge in [0.2, 0.25) is 11.8 Å². The highest BCUT2D eigenvalue weighted by molar-refractivity contribution is 6.42. The van der Waals surface area contributed by atoms with Crippen LogP contribution in [0.4, 0.5) is 0 Å². The van der Waals surface area contributed by atoms with E-state index in [1.807, 2.05) is 61.5 Å². The number of halogens is 2. The van der Waals surface area contributed by atoms with Gasteiger partial charge in [-0.05, 0) is 54.3 Å². The number of amides is 2. The normalized spacial score (nSPS) is 11.5. The first-order valence-corrected chi connectivity index (χ1v) is 12.9. The Morgan fingerprint density at radius 3 is 2.22 bits per heavy atom. The topological polar surface area (TPSA) is 67.9 Å². The number of carbonyl (C=O) groups excluding carboxylic acids is 2. The number of ether oxygens (including phenoxy) is 2. The lowest BCUT2D eigenvalue weighted by atomic mass is 10.0. The summed E-state index contributed by atoms with van der Waals surface area (Å²) in [6.07, 6.45) is 1.07. The molecule has 0 heterocycles. The number of rotatable bonds is 12. The monoisotopic (exact) mass is 542 g/mol. The third kappa shape index (κ3) is 7.88. The summed E-state index contributed by atoms with van der Waals surface area (Å²) in [5, 5.41) is 3.73. The molecule has 0 aliphatic rings. The zero-order valence-electron chi connectivity index (χ0n) is 21.3. The van der Waals surface area contributed by atoms with Crippen molar-refractivity contribution < 1.29 is 19.1 Å². The van der Waals surface area contributed by atoms with Gasteiger partial charge in [0.05, 0.1) is 24.3 Å². The van der Waals surface area contributed by atoms with Crippen LogP contribution in [0, 0.1) is 0 Å². The van der Waals surface area contributed by atoms with Gasteiger partial charge in [0.15, 0.2) is 11.5 Å². The molecule has 8 heteroatoms. The third-order valence-electron chi connectivity index (χ3n) is 6.03. The van der Waals surface area contributed by atoms with Crippen LogP contribution in [0.25, 0.3) is 0 Å². The van der Waals surface area contributed by atoms with Gasteiger partial charge in [0.25, 0.3) is 0 Å². The minimum atomic E-state index is -0.699. The molecule has 0 radical (unpaired) electrons. The molecule has 0 unspecified atom stereocenters. The van der Waals surface area contributed by atoms with E-state index < -0.39 is 6.04 Å². The van der Waals surface area contributed by atoms with E-state index in [2.05, 4.69) is 5.32 Å². The quantitative estimate of drug-likeness (QED) is 0.317. The Labute approximate surface area is 228 Å². The van der Waals surface area contributed by atoms with Crippen LogP contribution in [0.2, 0.25) is 10.0 Å². The average Bonchev–Trinajstić information content (AvgIpc) is 2.91. The highest BCUT2D eigenvalue weighted by Gasteiger charge is 2.30. The molecule has 2 amide bonds. The van der Waals surface area contributed by atoms with Crippen molar-refractivity contribution in [1.82, 2.24) is 10.2 Å². The van der Waals surface area contributed by atoms with E-state index in [1.165, 1.54) is 0 Å². The van der Waals surface area contributed by atoms with Gasteiger partial charge in [-0.1, -0.05) is 65.7 Å². The maximum atomic E-state index is 13.7. The second-order valence-corrected chi connectivity index (χ2v) is 9.37. The molecule has 196 valence electrons. The molecule has 3 aromatic rings. The minimum Gasteiger partial charge on any atom is -0.493 e. The number of hydrogen-bond donors (Lipinski definition) is 1. The van der Waals surface area contributed by atoms with Crippen molar-refractivity contribution in [2.45, 2.75) is 38.8 Å². The van der Waals surface area contributed by atoms with Gasteiger partial charge in [-0.15, -0.1) is 0 Å². The first-order chi connectivity index (χ1) is 17.9. The Balaban J connectivity index is 1.90. The summed E-state index contributed by atoms with van der Waals surface area (Å²) in [4.78, 5) is 28.6. The van der Waals surface area contributed by atoms with Crippen LogP contribution in [0.15, 0.2) is 66.7 Å². The van der Waals surface area contributed by atoms with Crippen molar-refractivity contribution in [1.29, 1.82) is 0 Å². The largest absolute Gasteiger partial charge is 0.493 e. The van der Waals surface area contributed by atoms with E-state index in [0.29, 0.717) is 40.9 Å². The van der Waals surface area contributed by atoms with Gasteiger partial charge in [-0.3, -0.25) is 9.59 Å². The lowest BCUT2D eigenvalue weighted by Crippen LogP contribution is -2.50. The first-order valence-electron chi connectivity index (χ1n) is 12.1. The van der Waals surface area contributed by atoms with Crippen molar-refractivity contribution in [3.8, 4) is 11.5 Å². The number of likely N-dealkylation sites (N-methyl/N-ethyl adjacent to an activating group) is 1. The molecule has 0 aromatic heterocycles. The Hall–Kier alpha value is -3.22. The molecule has 0 saturated heterocycles. The van der Waals surface area contributed by atoms with Gasteiger partial charge in [0.1, 0.15) is 6.04 Å². The van der Waals surface area contributed by atoms with E-state index >= 15 is 0 Å². The number of methoxy groups -OCH3 is 2. The Morgan fingerprint density at radius 2 is 1.57 bits per heavy atom. The van der Waals surface area contributed by atoms with Crippen LogP contribution in [-0.2, 0) is 29.0 Å². The number of nitrogens with zero attached hydrogens (tertiary/aromatic N) is 1. The molecule has 37 heavy (non-hydrogen) atoms. The van der Waals surface area contributed by atoms with Crippen LogP contribution in [0.1, 0.15) is 30.0 Å². The second-order valence-electron chi connectivity index (χ2n) is 8.56. The van der Waals surface area contributed by atoms with E-state index in [1.54, 1.807) is 31.3 Å². The first kappa shape index (κ1) is 28.4. The molecule has 0 spiro atoms. The molecular weight excluding hydrogens is 511 g/mol. The highest BCUT2D eigenvalue weighted by Crippen LogP contribution is 2.28. The number of carbonyl (C=O) groups is 2. The Bertz CT molecular complexity index is 1200. The molecule has 0 fully saturated rings. The Morgan fingerprint density at radius 1 is 0.865 bits per heavy atom. The zero-order chi connectivity index (χ0) is 26.8. The number of hydrogen-bond acceptors (Lipinski definition) is 4. The lowest BCUT2D eigenvalue weighted by molar-refractivity contribution is -0.141. The van der Waals surface area contributed by atoms with Crippen LogP contribution in [-0.4, -0.2) is 43.5 Å². The summed E-state index contributed by atoms with van der Waals surface area (Å²) in [7, 11) is 3.16.